The Labute approximate surface area is 89.3 Å². The molecule has 0 aliphatic heterocycles. The summed E-state index contributed by atoms with van der Waals surface area (Å²) in [5, 5.41) is 9.17. The standard InChI is InChI=1S/C12H15NO2/c1-9-7-11(8-9)13(12(14)15)10-5-3-2-4-6-10/h2-6,9,11H,7-8H2,1H3,(H,14,15). The second kappa shape index (κ2) is 3.93. The molecule has 0 atom stereocenters. The summed E-state index contributed by atoms with van der Waals surface area (Å²) in [4.78, 5) is 12.7. The van der Waals surface area contributed by atoms with Gasteiger partial charge in [-0.1, -0.05) is 25.1 Å². The van der Waals surface area contributed by atoms with E-state index in [0.717, 1.165) is 18.5 Å². The zero-order chi connectivity index (χ0) is 10.8. The third kappa shape index (κ3) is 1.96. The van der Waals surface area contributed by atoms with Crippen molar-refractivity contribution in [2.45, 2.75) is 25.8 Å². The number of benzene rings is 1. The second-order valence-corrected chi connectivity index (χ2v) is 4.22. The first-order valence-corrected chi connectivity index (χ1v) is 5.25. The van der Waals surface area contributed by atoms with Crippen LogP contribution in [-0.4, -0.2) is 17.2 Å². The van der Waals surface area contributed by atoms with Crippen LogP contribution in [-0.2, 0) is 0 Å². The highest BCUT2D eigenvalue weighted by Crippen LogP contribution is 2.34. The van der Waals surface area contributed by atoms with Crippen LogP contribution >= 0.6 is 0 Å². The van der Waals surface area contributed by atoms with Gasteiger partial charge in [0.05, 0.1) is 0 Å². The zero-order valence-electron chi connectivity index (χ0n) is 8.76. The highest BCUT2D eigenvalue weighted by atomic mass is 16.4. The maximum atomic E-state index is 11.2. The highest BCUT2D eigenvalue weighted by molar-refractivity contribution is 5.86. The molecule has 0 radical (unpaired) electrons. The number of hydrogen-bond acceptors (Lipinski definition) is 1. The van der Waals surface area contributed by atoms with Crippen molar-refractivity contribution in [1.29, 1.82) is 0 Å². The summed E-state index contributed by atoms with van der Waals surface area (Å²) in [6, 6.07) is 9.49. The van der Waals surface area contributed by atoms with Gasteiger partial charge in [-0.15, -0.1) is 0 Å². The molecule has 0 aromatic heterocycles. The summed E-state index contributed by atoms with van der Waals surface area (Å²) >= 11 is 0. The Morgan fingerprint density at radius 2 is 1.93 bits per heavy atom. The van der Waals surface area contributed by atoms with Crippen molar-refractivity contribution < 1.29 is 9.90 Å². The lowest BCUT2D eigenvalue weighted by Gasteiger charge is -2.40. The van der Waals surface area contributed by atoms with E-state index >= 15 is 0 Å². The first-order chi connectivity index (χ1) is 7.18. The molecule has 1 aromatic rings. The van der Waals surface area contributed by atoms with E-state index in [1.807, 2.05) is 30.3 Å². The molecule has 3 nitrogen and oxygen atoms in total. The van der Waals surface area contributed by atoms with Gasteiger partial charge in [0.15, 0.2) is 0 Å². The Balaban J connectivity index is 2.18. The summed E-state index contributed by atoms with van der Waals surface area (Å²) in [6.07, 6.45) is 1.10. The van der Waals surface area contributed by atoms with Gasteiger partial charge in [-0.2, -0.15) is 0 Å². The molecule has 3 heteroatoms. The molecule has 1 fully saturated rings. The third-order valence-corrected chi connectivity index (χ3v) is 2.95. The van der Waals surface area contributed by atoms with Crippen molar-refractivity contribution in [1.82, 2.24) is 0 Å². The van der Waals surface area contributed by atoms with Gasteiger partial charge in [-0.25, -0.2) is 4.79 Å². The van der Waals surface area contributed by atoms with Gasteiger partial charge in [0.1, 0.15) is 0 Å². The molecule has 15 heavy (non-hydrogen) atoms. The Hall–Kier alpha value is -1.51. The lowest BCUT2D eigenvalue weighted by Crippen LogP contribution is -2.46. The van der Waals surface area contributed by atoms with Crippen LogP contribution in [0.3, 0.4) is 0 Å². The number of nitrogens with zero attached hydrogens (tertiary/aromatic N) is 1. The van der Waals surface area contributed by atoms with Crippen LogP contribution in [0.4, 0.5) is 10.5 Å². The molecular weight excluding hydrogens is 190 g/mol. The SMILES string of the molecule is CC1CC(N(C(=O)O)c2ccccc2)C1. The smallest absolute Gasteiger partial charge is 0.412 e. The molecule has 1 aromatic carbocycles. The van der Waals surface area contributed by atoms with Gasteiger partial charge in [0.2, 0.25) is 0 Å². The normalized spacial score (nSPS) is 24.3. The minimum absolute atomic E-state index is 0.167. The number of hydrogen-bond donors (Lipinski definition) is 1. The molecule has 0 spiro atoms. The Morgan fingerprint density at radius 3 is 2.40 bits per heavy atom. The van der Waals surface area contributed by atoms with E-state index in [0.29, 0.717) is 5.92 Å². The quantitative estimate of drug-likeness (QED) is 0.806. The van der Waals surface area contributed by atoms with E-state index in [4.69, 9.17) is 0 Å². The molecular formula is C12H15NO2. The Morgan fingerprint density at radius 1 is 1.33 bits per heavy atom. The number of carbonyl (C=O) groups is 1. The number of carboxylic acid groups (broad SMARTS) is 1. The molecule has 1 aliphatic carbocycles. The van der Waals surface area contributed by atoms with E-state index in [9.17, 15) is 9.90 Å². The van der Waals surface area contributed by atoms with Gasteiger partial charge in [-0.3, -0.25) is 4.90 Å². The van der Waals surface area contributed by atoms with Crippen molar-refractivity contribution in [3.05, 3.63) is 30.3 Å². The van der Waals surface area contributed by atoms with Crippen molar-refractivity contribution in [2.24, 2.45) is 5.92 Å². The van der Waals surface area contributed by atoms with E-state index in [-0.39, 0.29) is 6.04 Å². The molecule has 0 bridgehead atoms. The summed E-state index contributed by atoms with van der Waals surface area (Å²) in [7, 11) is 0. The van der Waals surface area contributed by atoms with Gasteiger partial charge in [-0.05, 0) is 30.9 Å². The average molecular weight is 205 g/mol. The monoisotopic (exact) mass is 205 g/mol. The van der Waals surface area contributed by atoms with E-state index in [1.165, 1.54) is 4.90 Å². The maximum absolute atomic E-state index is 11.2. The molecule has 0 heterocycles. The predicted molar refractivity (Wildman–Crippen MR) is 59.1 cm³/mol. The van der Waals surface area contributed by atoms with Crippen LogP contribution in [0.1, 0.15) is 19.8 Å². The molecule has 2 rings (SSSR count). The lowest BCUT2D eigenvalue weighted by molar-refractivity contribution is 0.186. The first-order valence-electron chi connectivity index (χ1n) is 5.25. The molecule has 1 N–H and O–H groups in total. The fourth-order valence-corrected chi connectivity index (χ4v) is 2.14. The first kappa shape index (κ1) is 10.0. The van der Waals surface area contributed by atoms with Crippen LogP contribution in [0.15, 0.2) is 30.3 Å². The maximum Gasteiger partial charge on any atom is 0.412 e. The predicted octanol–water partition coefficient (Wildman–Crippen LogP) is 2.97. The van der Waals surface area contributed by atoms with Crippen LogP contribution in [0, 0.1) is 5.92 Å². The van der Waals surface area contributed by atoms with Crippen LogP contribution in [0.2, 0.25) is 0 Å². The molecule has 1 amide bonds. The number of para-hydroxylation sites is 1. The lowest BCUT2D eigenvalue weighted by atomic mass is 9.81. The van der Waals surface area contributed by atoms with Crippen molar-refractivity contribution >= 4 is 11.8 Å². The van der Waals surface area contributed by atoms with Crippen molar-refractivity contribution in [3.63, 3.8) is 0 Å². The number of anilines is 1. The number of rotatable bonds is 2. The molecule has 1 aliphatic rings. The fourth-order valence-electron chi connectivity index (χ4n) is 2.14. The summed E-state index contributed by atoms with van der Waals surface area (Å²) in [5.41, 5.74) is 0.780. The summed E-state index contributed by atoms with van der Waals surface area (Å²) in [6.45, 7) is 2.15. The Kier molecular flexibility index (Phi) is 2.62. The van der Waals surface area contributed by atoms with E-state index in [2.05, 4.69) is 6.92 Å². The largest absolute Gasteiger partial charge is 0.465 e. The van der Waals surface area contributed by atoms with Gasteiger partial charge in [0, 0.05) is 11.7 Å². The van der Waals surface area contributed by atoms with Gasteiger partial charge in [0.25, 0.3) is 0 Å². The zero-order valence-corrected chi connectivity index (χ0v) is 8.76. The van der Waals surface area contributed by atoms with Gasteiger partial charge >= 0.3 is 6.09 Å². The van der Waals surface area contributed by atoms with Gasteiger partial charge < -0.3 is 5.11 Å². The van der Waals surface area contributed by atoms with Crippen molar-refractivity contribution in [3.8, 4) is 0 Å². The second-order valence-electron chi connectivity index (χ2n) is 4.22. The van der Waals surface area contributed by atoms with Crippen LogP contribution < -0.4 is 4.90 Å². The molecule has 1 saturated carbocycles. The van der Waals surface area contributed by atoms with E-state index < -0.39 is 6.09 Å². The Bertz CT molecular complexity index is 344. The summed E-state index contributed by atoms with van der Waals surface area (Å²) in [5.74, 6) is 0.653. The van der Waals surface area contributed by atoms with Crippen LogP contribution in [0.5, 0.6) is 0 Å². The summed E-state index contributed by atoms with van der Waals surface area (Å²) < 4.78 is 0. The topological polar surface area (TPSA) is 40.5 Å². The number of amides is 1. The van der Waals surface area contributed by atoms with E-state index in [1.54, 1.807) is 0 Å². The van der Waals surface area contributed by atoms with Crippen LogP contribution in [0.25, 0.3) is 0 Å². The van der Waals surface area contributed by atoms with Crippen molar-refractivity contribution in [2.75, 3.05) is 4.90 Å². The average Bonchev–Trinajstić information content (AvgIpc) is 2.17. The molecule has 80 valence electrons. The minimum Gasteiger partial charge on any atom is -0.465 e. The molecule has 0 unspecified atom stereocenters. The minimum atomic E-state index is -0.849. The fraction of sp³-hybridized carbons (Fsp3) is 0.417. The molecule has 0 saturated heterocycles. The highest BCUT2D eigenvalue weighted by Gasteiger charge is 2.34. The third-order valence-electron chi connectivity index (χ3n) is 2.95.